The number of quaternary nitrogens is 1. The summed E-state index contributed by atoms with van der Waals surface area (Å²) in [5.41, 5.74) is 0. The molecule has 0 aliphatic carbocycles. The number of amides is 1. The van der Waals surface area contributed by atoms with Crippen molar-refractivity contribution in [3.05, 3.63) is 24.3 Å². The van der Waals surface area contributed by atoms with Crippen LogP contribution in [0.2, 0.25) is 0 Å². The molecule has 0 spiro atoms. The van der Waals surface area contributed by atoms with Crippen molar-refractivity contribution in [2.45, 2.75) is 231 Å². The molecule has 338 valence electrons. The predicted octanol–water partition coefficient (Wildman–Crippen LogP) is 11.6. The van der Waals surface area contributed by atoms with Crippen molar-refractivity contribution >= 4 is 13.7 Å². The van der Waals surface area contributed by atoms with Crippen LogP contribution in [0, 0.1) is 0 Å². The van der Waals surface area contributed by atoms with Gasteiger partial charge in [-0.25, -0.2) is 0 Å². The summed E-state index contributed by atoms with van der Waals surface area (Å²) in [5.74, 6) is -0.450. The number of likely N-dealkylation sites (N-methyl/N-ethyl adjacent to an activating group) is 1. The van der Waals surface area contributed by atoms with Crippen LogP contribution in [0.15, 0.2) is 24.3 Å². The zero-order chi connectivity index (χ0) is 42.3. The highest BCUT2D eigenvalue weighted by Gasteiger charge is 2.24. The standard InChI is InChI=1S/C47H93N2O7P/c1-6-8-10-12-14-16-18-20-21-22-23-24-25-27-28-30-32-34-36-38-44(50)42-47(52)48-45(43-56-57(53,54)55-41-40-49(3,4)5)46(51)39-37-35-33-31-29-26-19-17-15-13-11-9-7-2/h20-21,37,39,44-46,50-51H,6-19,22-36,38,40-43H2,1-5H3,(H-,48,52,53,54)/b21-20-,39-37+/t44?,45-,46+/m0/s1. The summed E-state index contributed by atoms with van der Waals surface area (Å²) in [7, 11) is 1.14. The van der Waals surface area contributed by atoms with E-state index in [1.807, 2.05) is 27.2 Å². The fourth-order valence-electron chi connectivity index (χ4n) is 6.90. The van der Waals surface area contributed by atoms with Crippen LogP contribution in [0.5, 0.6) is 0 Å². The van der Waals surface area contributed by atoms with E-state index >= 15 is 0 Å². The Labute approximate surface area is 352 Å². The van der Waals surface area contributed by atoms with Crippen molar-refractivity contribution in [2.24, 2.45) is 0 Å². The van der Waals surface area contributed by atoms with Crippen LogP contribution in [0.25, 0.3) is 0 Å². The smallest absolute Gasteiger partial charge is 0.268 e. The number of carbonyl (C=O) groups is 1. The summed E-state index contributed by atoms with van der Waals surface area (Å²) < 4.78 is 23.1. The summed E-state index contributed by atoms with van der Waals surface area (Å²) in [6.45, 7) is 4.48. The fraction of sp³-hybridized carbons (Fsp3) is 0.894. The van der Waals surface area contributed by atoms with Gasteiger partial charge in [-0.3, -0.25) is 9.36 Å². The molecule has 0 radical (unpaired) electrons. The first-order valence-corrected chi connectivity index (χ1v) is 25.2. The molecule has 0 rings (SSSR count). The van der Waals surface area contributed by atoms with E-state index in [2.05, 4.69) is 31.3 Å². The first kappa shape index (κ1) is 55.9. The summed E-state index contributed by atoms with van der Waals surface area (Å²) in [6.07, 6.45) is 42.5. The molecule has 0 saturated heterocycles. The molecule has 0 fully saturated rings. The number of phosphoric ester groups is 1. The van der Waals surface area contributed by atoms with Crippen molar-refractivity contribution in [2.75, 3.05) is 40.9 Å². The van der Waals surface area contributed by atoms with Crippen molar-refractivity contribution in [3.63, 3.8) is 0 Å². The zero-order valence-electron chi connectivity index (χ0n) is 37.9. The molecule has 9 nitrogen and oxygen atoms in total. The van der Waals surface area contributed by atoms with Gasteiger partial charge in [0.2, 0.25) is 5.91 Å². The van der Waals surface area contributed by atoms with Crippen LogP contribution in [-0.4, -0.2) is 79.8 Å². The Morgan fingerprint density at radius 3 is 1.47 bits per heavy atom. The molecule has 4 atom stereocenters. The summed E-state index contributed by atoms with van der Waals surface area (Å²) >= 11 is 0. The molecule has 0 aliphatic heterocycles. The maximum atomic E-state index is 12.9. The van der Waals surface area contributed by atoms with E-state index < -0.39 is 38.6 Å². The number of allylic oxidation sites excluding steroid dienone is 3. The Kier molecular flexibility index (Phi) is 38.4. The number of aliphatic hydroxyl groups excluding tert-OH is 2. The van der Waals surface area contributed by atoms with Gasteiger partial charge in [-0.1, -0.05) is 186 Å². The van der Waals surface area contributed by atoms with Crippen LogP contribution < -0.4 is 10.2 Å². The molecule has 0 heterocycles. The highest BCUT2D eigenvalue weighted by molar-refractivity contribution is 7.45. The largest absolute Gasteiger partial charge is 0.756 e. The second-order valence-electron chi connectivity index (χ2n) is 17.7. The molecule has 0 aromatic rings. The average molecular weight is 829 g/mol. The highest BCUT2D eigenvalue weighted by atomic mass is 31.2. The van der Waals surface area contributed by atoms with E-state index in [-0.39, 0.29) is 13.0 Å². The highest BCUT2D eigenvalue weighted by Crippen LogP contribution is 2.38. The zero-order valence-corrected chi connectivity index (χ0v) is 38.8. The maximum Gasteiger partial charge on any atom is 0.268 e. The van der Waals surface area contributed by atoms with Gasteiger partial charge in [0, 0.05) is 0 Å². The molecule has 2 unspecified atom stereocenters. The number of carbonyl (C=O) groups excluding carboxylic acids is 1. The quantitative estimate of drug-likeness (QED) is 0.0242. The number of hydrogen-bond acceptors (Lipinski definition) is 7. The van der Waals surface area contributed by atoms with Gasteiger partial charge in [0.15, 0.2) is 0 Å². The van der Waals surface area contributed by atoms with E-state index in [4.69, 9.17) is 9.05 Å². The monoisotopic (exact) mass is 829 g/mol. The average Bonchev–Trinajstić information content (AvgIpc) is 3.15. The minimum absolute atomic E-state index is 0.0353. The van der Waals surface area contributed by atoms with Gasteiger partial charge in [0.05, 0.1) is 52.4 Å². The Hall–Kier alpha value is -1.06. The SMILES string of the molecule is CCCCCCCC/C=C\CCCCCCCCCCCC(O)CC(=O)N[C@@H](COP(=O)([O-])OCC[N+](C)(C)C)[C@H](O)/C=C/CCCCCCCCCCCCC. The Morgan fingerprint density at radius 1 is 0.632 bits per heavy atom. The molecule has 0 bridgehead atoms. The van der Waals surface area contributed by atoms with Crippen LogP contribution in [0.3, 0.4) is 0 Å². The van der Waals surface area contributed by atoms with Gasteiger partial charge >= 0.3 is 0 Å². The van der Waals surface area contributed by atoms with E-state index in [1.165, 1.54) is 148 Å². The Bertz CT molecular complexity index is 1000. The molecule has 0 saturated carbocycles. The lowest BCUT2D eigenvalue weighted by Gasteiger charge is -2.29. The Morgan fingerprint density at radius 2 is 1.04 bits per heavy atom. The summed E-state index contributed by atoms with van der Waals surface area (Å²) in [4.78, 5) is 25.4. The molecule has 0 aromatic heterocycles. The third-order valence-corrected chi connectivity index (χ3v) is 11.7. The third-order valence-electron chi connectivity index (χ3n) is 10.7. The minimum Gasteiger partial charge on any atom is -0.756 e. The van der Waals surface area contributed by atoms with Gasteiger partial charge in [-0.2, -0.15) is 0 Å². The maximum absolute atomic E-state index is 12.9. The first-order chi connectivity index (χ1) is 27.4. The third kappa shape index (κ3) is 41.5. The Balaban J connectivity index is 4.42. The van der Waals surface area contributed by atoms with E-state index in [1.54, 1.807) is 6.08 Å². The molecule has 0 aliphatic rings. The van der Waals surface area contributed by atoms with Gasteiger partial charge in [-0.05, 0) is 44.9 Å². The van der Waals surface area contributed by atoms with Crippen molar-refractivity contribution in [1.82, 2.24) is 5.32 Å². The lowest BCUT2D eigenvalue weighted by molar-refractivity contribution is -0.870. The van der Waals surface area contributed by atoms with E-state index in [9.17, 15) is 24.5 Å². The lowest BCUT2D eigenvalue weighted by Crippen LogP contribution is -2.46. The number of hydrogen-bond donors (Lipinski definition) is 3. The topological polar surface area (TPSA) is 128 Å². The molecular formula is C47H93N2O7P. The number of rotatable bonds is 43. The number of nitrogens with one attached hydrogen (secondary N) is 1. The summed E-state index contributed by atoms with van der Waals surface area (Å²) in [6, 6.07) is -1.01. The van der Waals surface area contributed by atoms with Crippen molar-refractivity contribution in [3.8, 4) is 0 Å². The van der Waals surface area contributed by atoms with E-state index in [0.29, 0.717) is 17.4 Å². The van der Waals surface area contributed by atoms with Crippen LogP contribution >= 0.6 is 7.82 Å². The number of phosphoric acid groups is 1. The normalized spacial score (nSPS) is 15.0. The molecule has 0 aromatic carbocycles. The minimum atomic E-state index is -4.65. The van der Waals surface area contributed by atoms with Crippen LogP contribution in [0.1, 0.15) is 213 Å². The van der Waals surface area contributed by atoms with Gasteiger partial charge in [-0.15, -0.1) is 0 Å². The second kappa shape index (κ2) is 39.1. The first-order valence-electron chi connectivity index (χ1n) is 23.8. The van der Waals surface area contributed by atoms with Crippen LogP contribution in [-0.2, 0) is 18.4 Å². The number of aliphatic hydroxyl groups is 2. The van der Waals surface area contributed by atoms with Gasteiger partial charge < -0.3 is 34.0 Å². The van der Waals surface area contributed by atoms with Gasteiger partial charge in [0.1, 0.15) is 13.2 Å². The molecule has 3 N–H and O–H groups in total. The number of nitrogens with zero attached hydrogens (tertiary/aromatic N) is 1. The summed E-state index contributed by atoms with van der Waals surface area (Å²) in [5, 5.41) is 24.2. The molecule has 57 heavy (non-hydrogen) atoms. The van der Waals surface area contributed by atoms with Crippen LogP contribution in [0.4, 0.5) is 0 Å². The van der Waals surface area contributed by atoms with Crippen molar-refractivity contribution < 1.29 is 38.0 Å². The van der Waals surface area contributed by atoms with Gasteiger partial charge in [0.25, 0.3) is 7.82 Å². The molecule has 1 amide bonds. The fourth-order valence-corrected chi connectivity index (χ4v) is 7.62. The molecular weight excluding hydrogens is 735 g/mol. The lowest BCUT2D eigenvalue weighted by atomic mass is 10.0. The number of unbranched alkanes of at least 4 members (excludes halogenated alkanes) is 26. The second-order valence-corrected chi connectivity index (χ2v) is 19.1. The molecule has 10 heteroatoms. The predicted molar refractivity (Wildman–Crippen MR) is 239 cm³/mol. The van der Waals surface area contributed by atoms with E-state index in [0.717, 1.165) is 38.5 Å². The van der Waals surface area contributed by atoms with Crippen molar-refractivity contribution in [1.29, 1.82) is 0 Å².